The van der Waals surface area contributed by atoms with Gasteiger partial charge in [0, 0.05) is 10.6 Å². The molecule has 1 heteroatoms. The van der Waals surface area contributed by atoms with E-state index in [4.69, 9.17) is 11.6 Å². The fourth-order valence-electron chi connectivity index (χ4n) is 6.26. The van der Waals surface area contributed by atoms with E-state index in [1.165, 1.54) is 33.4 Å². The molecule has 0 fully saturated rings. The zero-order chi connectivity index (χ0) is 25.5. The molecule has 1 aliphatic carbocycles. The third-order valence-corrected chi connectivity index (χ3v) is 8.16. The third kappa shape index (κ3) is 3.38. The van der Waals surface area contributed by atoms with Crippen LogP contribution in [-0.2, 0) is 5.41 Å². The number of benzene rings is 6. The lowest BCUT2D eigenvalue weighted by atomic mass is 9.67. The molecule has 0 aliphatic heterocycles. The topological polar surface area (TPSA) is 0 Å². The van der Waals surface area contributed by atoms with Crippen molar-refractivity contribution in [2.75, 3.05) is 0 Å². The molecular weight excluding hydrogens is 480 g/mol. The molecule has 0 saturated heterocycles. The van der Waals surface area contributed by atoms with Gasteiger partial charge in [0.15, 0.2) is 0 Å². The fourth-order valence-corrected chi connectivity index (χ4v) is 6.54. The Morgan fingerprint density at radius 2 is 0.947 bits per heavy atom. The maximum absolute atomic E-state index is 7.05. The number of hydrogen-bond donors (Lipinski definition) is 0. The molecular formula is C37H25Cl. The third-order valence-electron chi connectivity index (χ3n) is 7.85. The fraction of sp³-hybridized carbons (Fsp3) is 0.0270. The molecule has 0 nitrogen and oxygen atoms in total. The van der Waals surface area contributed by atoms with Gasteiger partial charge >= 0.3 is 0 Å². The highest BCUT2D eigenvalue weighted by atomic mass is 35.5. The number of fused-ring (bicyclic) bond motifs is 3. The second-order valence-corrected chi connectivity index (χ2v) is 10.2. The van der Waals surface area contributed by atoms with Gasteiger partial charge in [-0.3, -0.25) is 0 Å². The molecule has 6 aromatic carbocycles. The maximum atomic E-state index is 7.05. The predicted octanol–water partition coefficient (Wildman–Crippen LogP) is 10.0. The molecule has 7 rings (SSSR count). The van der Waals surface area contributed by atoms with Gasteiger partial charge in [0.1, 0.15) is 0 Å². The maximum Gasteiger partial charge on any atom is 0.0713 e. The van der Waals surface area contributed by atoms with Gasteiger partial charge in [-0.2, -0.15) is 0 Å². The van der Waals surface area contributed by atoms with Crippen molar-refractivity contribution in [2.45, 2.75) is 5.41 Å². The summed E-state index contributed by atoms with van der Waals surface area (Å²) in [6, 6.07) is 54.2. The molecule has 0 aromatic heterocycles. The summed E-state index contributed by atoms with van der Waals surface area (Å²) in [6.45, 7) is 0. The van der Waals surface area contributed by atoms with Gasteiger partial charge in [-0.05, 0) is 56.1 Å². The highest BCUT2D eigenvalue weighted by Gasteiger charge is 2.46. The summed E-state index contributed by atoms with van der Waals surface area (Å²) < 4.78 is 0. The van der Waals surface area contributed by atoms with Crippen LogP contribution in [0.25, 0.3) is 33.4 Å². The molecule has 0 heterocycles. The van der Waals surface area contributed by atoms with E-state index >= 15 is 0 Å². The second kappa shape index (κ2) is 9.17. The van der Waals surface area contributed by atoms with Crippen molar-refractivity contribution in [3.63, 3.8) is 0 Å². The number of hydrogen-bond acceptors (Lipinski definition) is 0. The first-order chi connectivity index (χ1) is 18.8. The van der Waals surface area contributed by atoms with Gasteiger partial charge in [0.2, 0.25) is 0 Å². The van der Waals surface area contributed by atoms with Gasteiger partial charge in [0.05, 0.1) is 5.41 Å². The van der Waals surface area contributed by atoms with Crippen LogP contribution < -0.4 is 0 Å². The SMILES string of the molecule is Clc1cc(-c2ccccc2)ccc1-c1cccc2c1-c1ccccc1C2(c1ccccc1)c1ccccc1. The molecule has 38 heavy (non-hydrogen) atoms. The standard InChI is InChI=1S/C37H25Cl/c38-35-25-27(26-13-4-1-5-14-26)23-24-30(35)31-20-12-22-34-36(31)32-19-10-11-21-33(32)37(34,28-15-6-2-7-16-28)29-17-8-3-9-18-29/h1-25H. The van der Waals surface area contributed by atoms with E-state index in [9.17, 15) is 0 Å². The molecule has 0 saturated carbocycles. The smallest absolute Gasteiger partial charge is 0.0713 e. The minimum Gasteiger partial charge on any atom is -0.0836 e. The van der Waals surface area contributed by atoms with Crippen LogP contribution in [0.5, 0.6) is 0 Å². The molecule has 0 amide bonds. The van der Waals surface area contributed by atoms with Crippen LogP contribution in [0.15, 0.2) is 152 Å². The lowest BCUT2D eigenvalue weighted by Gasteiger charge is -2.34. The first-order valence-corrected chi connectivity index (χ1v) is 13.4. The minimum absolute atomic E-state index is 0.416. The summed E-state index contributed by atoms with van der Waals surface area (Å²) >= 11 is 7.05. The molecule has 6 aromatic rings. The van der Waals surface area contributed by atoms with Gasteiger partial charge in [-0.15, -0.1) is 0 Å². The molecule has 0 spiro atoms. The largest absolute Gasteiger partial charge is 0.0836 e. The molecule has 180 valence electrons. The van der Waals surface area contributed by atoms with E-state index in [0.29, 0.717) is 0 Å². The normalized spacial score (nSPS) is 13.1. The van der Waals surface area contributed by atoms with Crippen molar-refractivity contribution in [3.8, 4) is 33.4 Å². The zero-order valence-corrected chi connectivity index (χ0v) is 21.6. The Balaban J connectivity index is 1.52. The van der Waals surface area contributed by atoms with Crippen LogP contribution in [0.3, 0.4) is 0 Å². The Labute approximate surface area is 228 Å². The van der Waals surface area contributed by atoms with Crippen LogP contribution in [0.4, 0.5) is 0 Å². The number of rotatable bonds is 4. The van der Waals surface area contributed by atoms with Crippen molar-refractivity contribution < 1.29 is 0 Å². The quantitative estimate of drug-likeness (QED) is 0.223. The zero-order valence-electron chi connectivity index (χ0n) is 20.8. The van der Waals surface area contributed by atoms with Crippen molar-refractivity contribution in [3.05, 3.63) is 179 Å². The molecule has 0 radical (unpaired) electrons. The molecule has 0 atom stereocenters. The lowest BCUT2D eigenvalue weighted by molar-refractivity contribution is 0.768. The van der Waals surface area contributed by atoms with Crippen molar-refractivity contribution in [1.82, 2.24) is 0 Å². The van der Waals surface area contributed by atoms with E-state index in [2.05, 4.69) is 146 Å². The van der Waals surface area contributed by atoms with Gasteiger partial charge in [0.25, 0.3) is 0 Å². The highest BCUT2D eigenvalue weighted by molar-refractivity contribution is 6.34. The predicted molar refractivity (Wildman–Crippen MR) is 160 cm³/mol. The highest BCUT2D eigenvalue weighted by Crippen LogP contribution is 2.58. The van der Waals surface area contributed by atoms with E-state index < -0.39 is 5.41 Å². The summed E-state index contributed by atoms with van der Waals surface area (Å²) in [4.78, 5) is 0. The molecule has 0 unspecified atom stereocenters. The lowest BCUT2D eigenvalue weighted by Crippen LogP contribution is -2.28. The molecule has 0 bridgehead atoms. The first-order valence-electron chi connectivity index (χ1n) is 13.0. The molecule has 1 aliphatic rings. The molecule has 0 N–H and O–H groups in total. The summed E-state index contributed by atoms with van der Waals surface area (Å²) in [5.74, 6) is 0. The Kier molecular flexibility index (Phi) is 5.50. The Bertz CT molecular complexity index is 1710. The Morgan fingerprint density at radius 1 is 0.395 bits per heavy atom. The van der Waals surface area contributed by atoms with E-state index in [1.54, 1.807) is 0 Å². The monoisotopic (exact) mass is 504 g/mol. The van der Waals surface area contributed by atoms with E-state index in [0.717, 1.165) is 27.3 Å². The van der Waals surface area contributed by atoms with Crippen molar-refractivity contribution in [2.24, 2.45) is 0 Å². The van der Waals surface area contributed by atoms with Crippen LogP contribution in [0, 0.1) is 0 Å². The second-order valence-electron chi connectivity index (χ2n) is 9.82. The number of halogens is 1. The van der Waals surface area contributed by atoms with Gasteiger partial charge < -0.3 is 0 Å². The minimum atomic E-state index is -0.416. The summed E-state index contributed by atoms with van der Waals surface area (Å²) in [6.07, 6.45) is 0. The van der Waals surface area contributed by atoms with E-state index in [1.807, 2.05) is 6.07 Å². The summed E-state index contributed by atoms with van der Waals surface area (Å²) in [5.41, 5.74) is 11.7. The van der Waals surface area contributed by atoms with Crippen LogP contribution in [0.1, 0.15) is 22.3 Å². The Morgan fingerprint density at radius 3 is 1.61 bits per heavy atom. The van der Waals surface area contributed by atoms with Gasteiger partial charge in [-0.1, -0.05) is 157 Å². The van der Waals surface area contributed by atoms with E-state index in [-0.39, 0.29) is 0 Å². The average Bonchev–Trinajstić information content (AvgIpc) is 3.30. The van der Waals surface area contributed by atoms with Crippen molar-refractivity contribution in [1.29, 1.82) is 0 Å². The van der Waals surface area contributed by atoms with Gasteiger partial charge in [-0.25, -0.2) is 0 Å². The van der Waals surface area contributed by atoms with Crippen LogP contribution in [0.2, 0.25) is 5.02 Å². The van der Waals surface area contributed by atoms with Crippen LogP contribution in [-0.4, -0.2) is 0 Å². The first kappa shape index (κ1) is 22.8. The summed E-state index contributed by atoms with van der Waals surface area (Å²) in [7, 11) is 0. The average molecular weight is 505 g/mol. The van der Waals surface area contributed by atoms with Crippen LogP contribution >= 0.6 is 11.6 Å². The Hall–Kier alpha value is -4.39. The van der Waals surface area contributed by atoms with Crippen molar-refractivity contribution >= 4 is 11.6 Å². The summed E-state index contributed by atoms with van der Waals surface area (Å²) in [5, 5.41) is 0.758.